The van der Waals surface area contributed by atoms with Crippen LogP contribution in [0, 0.1) is 0 Å². The molecule has 0 amide bonds. The summed E-state index contributed by atoms with van der Waals surface area (Å²) < 4.78 is 7.74. The number of aromatic nitrogens is 3. The Morgan fingerprint density at radius 2 is 2.25 bits per heavy atom. The fourth-order valence-electron chi connectivity index (χ4n) is 2.13. The maximum absolute atomic E-state index is 6.04. The number of imidazole rings is 1. The van der Waals surface area contributed by atoms with Gasteiger partial charge in [-0.15, -0.1) is 11.3 Å². The second-order valence-corrected chi connectivity index (χ2v) is 5.55. The molecule has 0 aliphatic carbocycles. The SMILES string of the molecule is CC(C)Oc1cccc2c1nc(N)n2Cc1cscn1. The Balaban J connectivity index is 2.07. The molecule has 0 atom stereocenters. The average molecular weight is 288 g/mol. The molecule has 104 valence electrons. The minimum atomic E-state index is 0.102. The van der Waals surface area contributed by atoms with Crippen LogP contribution in [-0.2, 0) is 6.54 Å². The molecule has 0 bridgehead atoms. The van der Waals surface area contributed by atoms with Gasteiger partial charge < -0.3 is 15.0 Å². The first-order chi connectivity index (χ1) is 9.65. The highest BCUT2D eigenvalue weighted by atomic mass is 32.1. The monoisotopic (exact) mass is 288 g/mol. The topological polar surface area (TPSA) is 66.0 Å². The zero-order valence-electron chi connectivity index (χ0n) is 11.4. The lowest BCUT2D eigenvalue weighted by molar-refractivity contribution is 0.245. The standard InChI is InChI=1S/C14H16N4OS/c1-9(2)19-12-5-3-4-11-13(12)17-14(15)18(11)6-10-7-20-8-16-10/h3-5,7-9H,6H2,1-2H3,(H2,15,17). The number of rotatable bonds is 4. The van der Waals surface area contributed by atoms with Crippen LogP contribution in [0.4, 0.5) is 5.95 Å². The zero-order chi connectivity index (χ0) is 14.1. The maximum atomic E-state index is 6.04. The highest BCUT2D eigenvalue weighted by Crippen LogP contribution is 2.28. The molecule has 20 heavy (non-hydrogen) atoms. The van der Waals surface area contributed by atoms with Crippen molar-refractivity contribution in [1.82, 2.24) is 14.5 Å². The number of thiazole rings is 1. The smallest absolute Gasteiger partial charge is 0.201 e. The molecule has 0 unspecified atom stereocenters. The van der Waals surface area contributed by atoms with E-state index in [-0.39, 0.29) is 6.10 Å². The third-order valence-corrected chi connectivity index (χ3v) is 3.57. The van der Waals surface area contributed by atoms with Crippen LogP contribution in [0.5, 0.6) is 5.75 Å². The molecular weight excluding hydrogens is 272 g/mol. The first-order valence-electron chi connectivity index (χ1n) is 6.43. The lowest BCUT2D eigenvalue weighted by Crippen LogP contribution is -2.06. The van der Waals surface area contributed by atoms with E-state index in [4.69, 9.17) is 10.5 Å². The van der Waals surface area contributed by atoms with Crippen molar-refractivity contribution in [3.63, 3.8) is 0 Å². The van der Waals surface area contributed by atoms with Crippen LogP contribution in [0.2, 0.25) is 0 Å². The first kappa shape index (κ1) is 12.9. The van der Waals surface area contributed by atoms with Crippen molar-refractivity contribution < 1.29 is 4.74 Å². The molecule has 2 aromatic heterocycles. The van der Waals surface area contributed by atoms with E-state index in [0.29, 0.717) is 12.5 Å². The molecule has 0 saturated heterocycles. The van der Waals surface area contributed by atoms with E-state index in [9.17, 15) is 0 Å². The summed E-state index contributed by atoms with van der Waals surface area (Å²) >= 11 is 1.57. The predicted molar refractivity (Wildman–Crippen MR) is 81.1 cm³/mol. The molecule has 0 radical (unpaired) electrons. The lowest BCUT2D eigenvalue weighted by Gasteiger charge is -2.10. The molecule has 0 spiro atoms. The van der Waals surface area contributed by atoms with Gasteiger partial charge in [0.05, 0.1) is 29.4 Å². The van der Waals surface area contributed by atoms with Crippen LogP contribution in [0.15, 0.2) is 29.1 Å². The first-order valence-corrected chi connectivity index (χ1v) is 7.38. The van der Waals surface area contributed by atoms with Gasteiger partial charge in [-0.05, 0) is 26.0 Å². The second kappa shape index (κ2) is 5.13. The van der Waals surface area contributed by atoms with Crippen LogP contribution >= 0.6 is 11.3 Å². The number of anilines is 1. The summed E-state index contributed by atoms with van der Waals surface area (Å²) in [4.78, 5) is 8.73. The van der Waals surface area contributed by atoms with Gasteiger partial charge in [0.2, 0.25) is 5.95 Å². The molecule has 0 aliphatic heterocycles. The summed E-state index contributed by atoms with van der Waals surface area (Å²) in [6.45, 7) is 4.61. The van der Waals surface area contributed by atoms with Gasteiger partial charge in [-0.1, -0.05) is 6.07 Å². The van der Waals surface area contributed by atoms with Crippen molar-refractivity contribution in [2.75, 3.05) is 5.73 Å². The molecule has 0 fully saturated rings. The predicted octanol–water partition coefficient (Wildman–Crippen LogP) is 2.91. The summed E-state index contributed by atoms with van der Waals surface area (Å²) in [5.74, 6) is 1.24. The summed E-state index contributed by atoms with van der Waals surface area (Å²) in [6.07, 6.45) is 0.102. The number of hydrogen-bond acceptors (Lipinski definition) is 5. The van der Waals surface area contributed by atoms with E-state index in [1.54, 1.807) is 11.3 Å². The fraction of sp³-hybridized carbons (Fsp3) is 0.286. The Morgan fingerprint density at radius 3 is 2.95 bits per heavy atom. The molecule has 3 aromatic rings. The summed E-state index contributed by atoms with van der Waals surface area (Å²) in [7, 11) is 0. The van der Waals surface area contributed by atoms with E-state index < -0.39 is 0 Å². The van der Waals surface area contributed by atoms with Crippen LogP contribution < -0.4 is 10.5 Å². The molecule has 6 heteroatoms. The van der Waals surface area contributed by atoms with Gasteiger partial charge in [-0.25, -0.2) is 9.97 Å². The highest BCUT2D eigenvalue weighted by molar-refractivity contribution is 7.07. The number of nitrogen functional groups attached to an aromatic ring is 1. The minimum absolute atomic E-state index is 0.102. The summed E-state index contributed by atoms with van der Waals surface area (Å²) in [5.41, 5.74) is 10.6. The van der Waals surface area contributed by atoms with Gasteiger partial charge in [0.15, 0.2) is 0 Å². The Kier molecular flexibility index (Phi) is 3.31. The quantitative estimate of drug-likeness (QED) is 0.801. The van der Waals surface area contributed by atoms with Crippen LogP contribution in [0.25, 0.3) is 11.0 Å². The number of nitrogens with zero attached hydrogens (tertiary/aromatic N) is 3. The van der Waals surface area contributed by atoms with Gasteiger partial charge in [-0.2, -0.15) is 0 Å². The molecule has 2 heterocycles. The van der Waals surface area contributed by atoms with Gasteiger partial charge in [0.25, 0.3) is 0 Å². The second-order valence-electron chi connectivity index (χ2n) is 4.83. The molecule has 0 saturated carbocycles. The minimum Gasteiger partial charge on any atom is -0.489 e. The molecule has 3 rings (SSSR count). The number of hydrogen-bond donors (Lipinski definition) is 1. The normalized spacial score (nSPS) is 11.3. The third kappa shape index (κ3) is 2.34. The molecule has 2 N–H and O–H groups in total. The number of nitrogens with two attached hydrogens (primary N) is 1. The van der Waals surface area contributed by atoms with Crippen LogP contribution in [0.3, 0.4) is 0 Å². The van der Waals surface area contributed by atoms with Gasteiger partial charge >= 0.3 is 0 Å². The Morgan fingerprint density at radius 1 is 1.40 bits per heavy atom. The molecule has 0 aliphatic rings. The fourth-order valence-corrected chi connectivity index (χ4v) is 2.68. The van der Waals surface area contributed by atoms with Gasteiger partial charge in [0.1, 0.15) is 11.3 Å². The lowest BCUT2D eigenvalue weighted by atomic mass is 10.3. The van der Waals surface area contributed by atoms with Crippen LogP contribution in [0.1, 0.15) is 19.5 Å². The largest absolute Gasteiger partial charge is 0.489 e. The molecule has 1 aromatic carbocycles. The zero-order valence-corrected chi connectivity index (χ0v) is 12.2. The van der Waals surface area contributed by atoms with Crippen molar-refractivity contribution in [3.8, 4) is 5.75 Å². The Bertz CT molecular complexity index is 718. The van der Waals surface area contributed by atoms with E-state index in [1.807, 2.05) is 47.5 Å². The number of ether oxygens (including phenoxy) is 1. The highest BCUT2D eigenvalue weighted by Gasteiger charge is 2.13. The van der Waals surface area contributed by atoms with Crippen molar-refractivity contribution >= 4 is 28.3 Å². The van der Waals surface area contributed by atoms with Gasteiger partial charge in [-0.3, -0.25) is 0 Å². The van der Waals surface area contributed by atoms with E-state index in [1.165, 1.54) is 0 Å². The Hall–Kier alpha value is -2.08. The maximum Gasteiger partial charge on any atom is 0.201 e. The summed E-state index contributed by atoms with van der Waals surface area (Å²) in [5, 5.41) is 2.01. The van der Waals surface area contributed by atoms with Crippen molar-refractivity contribution in [1.29, 1.82) is 0 Å². The van der Waals surface area contributed by atoms with Crippen molar-refractivity contribution in [2.24, 2.45) is 0 Å². The molecule has 5 nitrogen and oxygen atoms in total. The van der Waals surface area contributed by atoms with Crippen LogP contribution in [-0.4, -0.2) is 20.6 Å². The Labute approximate surface area is 121 Å². The van der Waals surface area contributed by atoms with E-state index in [0.717, 1.165) is 22.5 Å². The van der Waals surface area contributed by atoms with E-state index in [2.05, 4.69) is 9.97 Å². The summed E-state index contributed by atoms with van der Waals surface area (Å²) in [6, 6.07) is 5.87. The van der Waals surface area contributed by atoms with Crippen molar-refractivity contribution in [3.05, 3.63) is 34.8 Å². The van der Waals surface area contributed by atoms with Gasteiger partial charge in [0, 0.05) is 5.38 Å². The average Bonchev–Trinajstić information content (AvgIpc) is 3.00. The van der Waals surface area contributed by atoms with Crippen molar-refractivity contribution in [2.45, 2.75) is 26.5 Å². The third-order valence-electron chi connectivity index (χ3n) is 2.94. The molecular formula is C14H16N4OS. The number of para-hydroxylation sites is 1. The number of fused-ring (bicyclic) bond motifs is 1. The van der Waals surface area contributed by atoms with E-state index >= 15 is 0 Å². The number of benzene rings is 1.